The van der Waals surface area contributed by atoms with Gasteiger partial charge in [0.25, 0.3) is 5.91 Å². The summed E-state index contributed by atoms with van der Waals surface area (Å²) in [7, 11) is -9.33. The Balaban J connectivity index is 0.000000624. The van der Waals surface area contributed by atoms with Crippen LogP contribution in [0.4, 0.5) is 31.1 Å². The Morgan fingerprint density at radius 2 is 1.49 bits per heavy atom. The van der Waals surface area contributed by atoms with Crippen LogP contribution in [0.5, 0.6) is 11.6 Å². The molecule has 5 N–H and O–H groups in total. The van der Waals surface area contributed by atoms with Crippen molar-refractivity contribution >= 4 is 66.9 Å². The van der Waals surface area contributed by atoms with Gasteiger partial charge in [-0.2, -0.15) is 43.2 Å². The molecule has 1 aromatic heterocycles. The molecular formula is C43H59ClF6N6O13S2. The maximum absolute atomic E-state index is 14.6. The Hall–Kier alpha value is -4.44. The Morgan fingerprint density at radius 3 is 1.97 bits per heavy atom. The predicted octanol–water partition coefficient (Wildman–Crippen LogP) is 6.41. The molecule has 1 aromatic carbocycles. The fourth-order valence-electron chi connectivity index (χ4n) is 8.18. The summed E-state index contributed by atoms with van der Waals surface area (Å²) in [6, 6.07) is 4.09. The summed E-state index contributed by atoms with van der Waals surface area (Å²) >= 11 is 6.48. The van der Waals surface area contributed by atoms with E-state index in [4.69, 9.17) is 30.0 Å². The number of hydrogen-bond acceptors (Lipinski definition) is 14. The van der Waals surface area contributed by atoms with Crippen LogP contribution < -0.4 is 30.0 Å². The number of carbonyl (C=O) groups is 4. The number of halogens is 7. The Bertz CT molecular complexity index is 2570. The zero-order valence-corrected chi connectivity index (χ0v) is 42.5. The number of benzene rings is 1. The van der Waals surface area contributed by atoms with Gasteiger partial charge in [0.1, 0.15) is 35.1 Å². The normalized spacial score (nSPS) is 23.1. The number of nitrogens with one attached hydrogen (secondary N) is 3. The molecular weight excluding hydrogens is 1020 g/mol. The summed E-state index contributed by atoms with van der Waals surface area (Å²) in [5, 5.41) is 10.6. The van der Waals surface area contributed by atoms with Crippen LogP contribution in [-0.2, 0) is 48.1 Å². The van der Waals surface area contributed by atoms with E-state index in [-0.39, 0.29) is 57.6 Å². The van der Waals surface area contributed by atoms with Gasteiger partial charge in [0.05, 0.1) is 47.7 Å². The highest BCUT2D eigenvalue weighted by molar-refractivity contribution is 7.85. The molecule has 71 heavy (non-hydrogen) atoms. The van der Waals surface area contributed by atoms with Crippen molar-refractivity contribution in [3.05, 3.63) is 29.3 Å². The van der Waals surface area contributed by atoms with Crippen molar-refractivity contribution in [3.63, 3.8) is 0 Å². The van der Waals surface area contributed by atoms with Crippen LogP contribution in [0, 0.1) is 11.3 Å². The third-order valence-corrected chi connectivity index (χ3v) is 13.6. The molecule has 3 aliphatic carbocycles. The van der Waals surface area contributed by atoms with Crippen molar-refractivity contribution in [2.75, 3.05) is 13.2 Å². The van der Waals surface area contributed by atoms with E-state index in [1.54, 1.807) is 84.4 Å². The smallest absolute Gasteiger partial charge is 0.408 e. The minimum absolute atomic E-state index is 0.000330. The SMILES string of the molecule is CCOc1cc(O[C@@H]2C[C@@H](C(=O)N[C@]3(C(=O)NS(=O)(=O)OC4(CC(F)(F)F)CC4)C[C@H]3CC)N(C(=O)[C@@H](NC(=O)OC(C)(C)C)C(C)(C)C)C2)c2cccc(Cl)c2n1.NS(=O)(=O)OC1(CC(F)(F)F)CC1. The van der Waals surface area contributed by atoms with Gasteiger partial charge in [0.15, 0.2) is 0 Å². The molecule has 400 valence electrons. The molecule has 4 aliphatic rings. The number of likely N-dealkylation sites (tertiary alicyclic amines) is 1. The molecule has 0 unspecified atom stereocenters. The molecule has 28 heteroatoms. The first kappa shape index (κ1) is 57.5. The van der Waals surface area contributed by atoms with Crippen molar-refractivity contribution < 1.29 is 84.9 Å². The van der Waals surface area contributed by atoms with E-state index in [0.717, 1.165) is 0 Å². The molecule has 2 aromatic rings. The second-order valence-electron chi connectivity index (χ2n) is 20.2. The summed E-state index contributed by atoms with van der Waals surface area (Å²) in [5.41, 5.74) is -6.85. The first-order chi connectivity index (χ1) is 32.3. The van der Waals surface area contributed by atoms with E-state index in [0.29, 0.717) is 28.1 Å². The van der Waals surface area contributed by atoms with E-state index in [1.165, 1.54) is 4.90 Å². The van der Waals surface area contributed by atoms with Crippen molar-refractivity contribution in [2.24, 2.45) is 16.5 Å². The van der Waals surface area contributed by atoms with Crippen LogP contribution in [0.3, 0.4) is 0 Å². The molecule has 19 nitrogen and oxygen atoms in total. The third-order valence-electron chi connectivity index (χ3n) is 11.7. The monoisotopic (exact) mass is 1080 g/mol. The highest BCUT2D eigenvalue weighted by Crippen LogP contribution is 2.50. The number of amides is 4. The standard InChI is InChI=1S/C38H51ClF3N5O10S.C5H8F3NO3S/c1-9-21-18-37(21,32(50)46-58(52,53)57-36(14-15-36)20-38(40,41)42)45-30(48)25-16-22(55-26-17-27(54-10-2)43-28-23(26)12-11-13-24(28)39)19-47(25)31(49)29(34(3,4)5)44-33(51)56-35(6,7)8;6-5(7,8)3-4(1-2-4)12-13(9,10)11/h11-13,17,21-22,25,29H,9-10,14-16,18-20H2,1-8H3,(H,44,51)(H,45,48)(H,46,50);1-3H2,(H2,9,10,11)/t21-,22-,25+,29-,37-;/m1./s1. The zero-order valence-electron chi connectivity index (χ0n) is 40.1. The highest BCUT2D eigenvalue weighted by Gasteiger charge is 2.63. The molecule has 3 saturated carbocycles. The Kier molecular flexibility index (Phi) is 16.6. The summed E-state index contributed by atoms with van der Waals surface area (Å²) in [6.45, 7) is 13.7. The second-order valence-corrected chi connectivity index (χ2v) is 23.1. The van der Waals surface area contributed by atoms with Gasteiger partial charge in [-0.1, -0.05) is 51.8 Å². The summed E-state index contributed by atoms with van der Waals surface area (Å²) < 4.78 is 150. The third kappa shape index (κ3) is 16.0. The van der Waals surface area contributed by atoms with Gasteiger partial charge < -0.3 is 29.7 Å². The summed E-state index contributed by atoms with van der Waals surface area (Å²) in [5.74, 6) is -2.75. The summed E-state index contributed by atoms with van der Waals surface area (Å²) in [6.07, 6.45) is -13.7. The highest BCUT2D eigenvalue weighted by atomic mass is 35.5. The van der Waals surface area contributed by atoms with Gasteiger partial charge in [-0.25, -0.2) is 23.8 Å². The van der Waals surface area contributed by atoms with Crippen molar-refractivity contribution in [3.8, 4) is 11.6 Å². The van der Waals surface area contributed by atoms with Crippen molar-refractivity contribution in [1.82, 2.24) is 25.2 Å². The zero-order chi connectivity index (χ0) is 53.6. The van der Waals surface area contributed by atoms with Crippen LogP contribution in [0.15, 0.2) is 24.3 Å². The lowest BCUT2D eigenvalue weighted by Gasteiger charge is -2.36. The van der Waals surface area contributed by atoms with Gasteiger partial charge in [-0.05, 0) is 83.3 Å². The number of carbonyl (C=O) groups excluding carboxylic acids is 4. The van der Waals surface area contributed by atoms with Crippen molar-refractivity contribution in [1.29, 1.82) is 0 Å². The van der Waals surface area contributed by atoms with E-state index in [1.807, 2.05) is 0 Å². The number of pyridine rings is 1. The minimum Gasteiger partial charge on any atom is -0.488 e. The Labute approximate surface area is 412 Å². The lowest BCUT2D eigenvalue weighted by atomic mass is 9.85. The van der Waals surface area contributed by atoms with E-state index >= 15 is 0 Å². The van der Waals surface area contributed by atoms with Gasteiger partial charge in [0.2, 0.25) is 17.7 Å². The number of rotatable bonds is 17. The molecule has 5 atom stereocenters. The average Bonchev–Trinajstić information content (AvgIpc) is 4.14. The first-order valence-corrected chi connectivity index (χ1v) is 25.7. The molecule has 2 heterocycles. The number of fused-ring (bicyclic) bond motifs is 1. The van der Waals surface area contributed by atoms with Crippen LogP contribution in [0.25, 0.3) is 10.9 Å². The number of nitrogens with two attached hydrogens (primary N) is 1. The molecule has 1 saturated heterocycles. The number of hydrogen-bond donors (Lipinski definition) is 4. The fraction of sp³-hybridized carbons (Fsp3) is 0.698. The maximum atomic E-state index is 14.6. The number of para-hydroxylation sites is 1. The second kappa shape index (κ2) is 20.5. The average molecular weight is 1080 g/mol. The molecule has 0 spiro atoms. The lowest BCUT2D eigenvalue weighted by Crippen LogP contribution is -2.60. The fourth-order valence-corrected chi connectivity index (χ4v) is 10.3. The lowest BCUT2D eigenvalue weighted by molar-refractivity contribution is -0.155. The van der Waals surface area contributed by atoms with E-state index in [9.17, 15) is 62.4 Å². The van der Waals surface area contributed by atoms with Crippen LogP contribution >= 0.6 is 11.6 Å². The van der Waals surface area contributed by atoms with Crippen LogP contribution in [0.2, 0.25) is 5.02 Å². The molecule has 0 radical (unpaired) electrons. The van der Waals surface area contributed by atoms with Gasteiger partial charge >= 0.3 is 39.1 Å². The largest absolute Gasteiger partial charge is 0.488 e. The van der Waals surface area contributed by atoms with Gasteiger partial charge in [-0.15, -0.1) is 0 Å². The molecule has 4 fully saturated rings. The van der Waals surface area contributed by atoms with Crippen LogP contribution in [-0.4, -0.2) is 117 Å². The minimum atomic E-state index is -5.04. The summed E-state index contributed by atoms with van der Waals surface area (Å²) in [4.78, 5) is 61.4. The topological polar surface area (TPSA) is 261 Å². The number of alkyl carbamates (subject to hydrolysis) is 1. The quantitative estimate of drug-likeness (QED) is 0.125. The number of ether oxygens (including phenoxy) is 3. The molecule has 1 aliphatic heterocycles. The predicted molar refractivity (Wildman–Crippen MR) is 242 cm³/mol. The Morgan fingerprint density at radius 1 is 0.915 bits per heavy atom. The van der Waals surface area contributed by atoms with Gasteiger partial charge in [-0.3, -0.25) is 18.6 Å². The molecule has 0 bridgehead atoms. The first-order valence-electron chi connectivity index (χ1n) is 22.5. The van der Waals surface area contributed by atoms with E-state index < -0.39 is 121 Å². The number of nitrogens with zero attached hydrogens (tertiary/aromatic N) is 2. The molecule has 4 amide bonds. The number of alkyl halides is 6. The molecule has 6 rings (SSSR count). The number of aromatic nitrogens is 1. The van der Waals surface area contributed by atoms with Gasteiger partial charge in [0, 0.05) is 17.9 Å². The maximum Gasteiger partial charge on any atom is 0.408 e. The van der Waals surface area contributed by atoms with Crippen molar-refractivity contribution in [2.45, 2.75) is 166 Å². The van der Waals surface area contributed by atoms with E-state index in [2.05, 4.69) is 24.9 Å². The van der Waals surface area contributed by atoms with Crippen LogP contribution in [0.1, 0.15) is 113 Å².